The number of benzene rings is 1. The summed E-state index contributed by atoms with van der Waals surface area (Å²) in [7, 11) is 0. The van der Waals surface area contributed by atoms with Crippen LogP contribution in [-0.2, 0) is 0 Å². The number of thiophene rings is 1. The topological polar surface area (TPSA) is 37.3 Å². The highest BCUT2D eigenvalue weighted by molar-refractivity contribution is 9.10. The van der Waals surface area contributed by atoms with Crippen molar-refractivity contribution in [3.05, 3.63) is 33.4 Å². The van der Waals surface area contributed by atoms with Crippen LogP contribution in [0.25, 0.3) is 10.1 Å². The minimum absolute atomic E-state index is 0.136. The Morgan fingerprint density at radius 2 is 2.21 bits per heavy atom. The normalized spacial score (nSPS) is 10.7. The molecule has 0 radical (unpaired) electrons. The first kappa shape index (κ1) is 9.61. The molecule has 0 saturated carbocycles. The second-order valence-corrected chi connectivity index (χ2v) is 4.44. The Balaban J connectivity index is 2.88. The number of rotatable bonds is 1. The van der Waals surface area contributed by atoms with Crippen LogP contribution in [0.2, 0.25) is 0 Å². The highest BCUT2D eigenvalue weighted by atomic mass is 79.9. The van der Waals surface area contributed by atoms with E-state index in [1.807, 2.05) is 0 Å². The molecule has 1 N–H and O–H groups in total. The van der Waals surface area contributed by atoms with Gasteiger partial charge in [-0.2, -0.15) is 4.39 Å². The zero-order valence-electron chi connectivity index (χ0n) is 6.75. The quantitative estimate of drug-likeness (QED) is 0.864. The maximum absolute atomic E-state index is 13.2. The van der Waals surface area contributed by atoms with E-state index in [9.17, 15) is 9.18 Å². The van der Waals surface area contributed by atoms with Crippen LogP contribution in [0, 0.1) is 5.13 Å². The Hall–Kier alpha value is -0.940. The van der Waals surface area contributed by atoms with Crippen LogP contribution in [0.15, 0.2) is 22.7 Å². The first-order chi connectivity index (χ1) is 6.61. The van der Waals surface area contributed by atoms with Crippen LogP contribution < -0.4 is 0 Å². The number of carboxylic acid groups (broad SMARTS) is 1. The van der Waals surface area contributed by atoms with E-state index in [1.165, 1.54) is 6.07 Å². The highest BCUT2D eigenvalue weighted by Crippen LogP contribution is 2.35. The average Bonchev–Trinajstić information content (AvgIpc) is 2.43. The zero-order valence-corrected chi connectivity index (χ0v) is 9.15. The molecule has 2 nitrogen and oxygen atoms in total. The standard InChI is InChI=1S/C9H4BrFO2S/c10-6-4-2-1-3-5(9(12)13)7(4)14-8(6)11/h1-3H,(H,12,13). The van der Waals surface area contributed by atoms with Crippen molar-refractivity contribution in [2.24, 2.45) is 0 Å². The van der Waals surface area contributed by atoms with E-state index in [2.05, 4.69) is 15.9 Å². The van der Waals surface area contributed by atoms with E-state index in [0.717, 1.165) is 11.3 Å². The summed E-state index contributed by atoms with van der Waals surface area (Å²) in [6.45, 7) is 0. The number of aromatic carboxylic acids is 1. The molecule has 14 heavy (non-hydrogen) atoms. The first-order valence-electron chi connectivity index (χ1n) is 3.71. The number of hydrogen-bond donors (Lipinski definition) is 1. The van der Waals surface area contributed by atoms with Crippen molar-refractivity contribution < 1.29 is 14.3 Å². The van der Waals surface area contributed by atoms with E-state index in [1.54, 1.807) is 12.1 Å². The van der Waals surface area contributed by atoms with Gasteiger partial charge in [-0.3, -0.25) is 0 Å². The summed E-state index contributed by atoms with van der Waals surface area (Å²) in [5.41, 5.74) is 0.136. The van der Waals surface area contributed by atoms with Gasteiger partial charge < -0.3 is 5.11 Å². The second kappa shape index (κ2) is 3.33. The van der Waals surface area contributed by atoms with Crippen LogP contribution in [0.5, 0.6) is 0 Å². The average molecular weight is 275 g/mol. The minimum Gasteiger partial charge on any atom is -0.478 e. The molecule has 1 heterocycles. The van der Waals surface area contributed by atoms with Crippen LogP contribution >= 0.6 is 27.3 Å². The van der Waals surface area contributed by atoms with Crippen molar-refractivity contribution in [3.63, 3.8) is 0 Å². The fraction of sp³-hybridized carbons (Fsp3) is 0. The molecule has 0 aliphatic heterocycles. The molecule has 0 bridgehead atoms. The smallest absolute Gasteiger partial charge is 0.337 e. The summed E-state index contributed by atoms with van der Waals surface area (Å²) in [4.78, 5) is 10.8. The van der Waals surface area contributed by atoms with Crippen LogP contribution in [0.4, 0.5) is 4.39 Å². The van der Waals surface area contributed by atoms with E-state index in [-0.39, 0.29) is 5.56 Å². The van der Waals surface area contributed by atoms with Gasteiger partial charge in [0.05, 0.1) is 14.7 Å². The summed E-state index contributed by atoms with van der Waals surface area (Å²) in [6, 6.07) is 4.75. The van der Waals surface area contributed by atoms with Gasteiger partial charge in [0.1, 0.15) is 0 Å². The number of carbonyl (C=O) groups is 1. The maximum Gasteiger partial charge on any atom is 0.337 e. The van der Waals surface area contributed by atoms with Gasteiger partial charge in [-0.15, -0.1) is 11.3 Å². The summed E-state index contributed by atoms with van der Waals surface area (Å²) in [5, 5.41) is 9.06. The van der Waals surface area contributed by atoms with Gasteiger partial charge in [0.2, 0.25) is 0 Å². The molecule has 72 valence electrons. The molecule has 5 heteroatoms. The Kier molecular flexibility index (Phi) is 2.28. The van der Waals surface area contributed by atoms with Crippen molar-refractivity contribution in [3.8, 4) is 0 Å². The lowest BCUT2D eigenvalue weighted by Gasteiger charge is -1.95. The van der Waals surface area contributed by atoms with Gasteiger partial charge in [-0.1, -0.05) is 12.1 Å². The van der Waals surface area contributed by atoms with Crippen LogP contribution in [0.1, 0.15) is 10.4 Å². The Bertz CT molecular complexity index is 521. The molecule has 1 aromatic carbocycles. The number of halogens is 2. The molecule has 0 unspecified atom stereocenters. The Labute approximate surface area is 91.1 Å². The van der Waals surface area contributed by atoms with Crippen molar-refractivity contribution in [1.29, 1.82) is 0 Å². The molecule has 2 aromatic rings. The molecular formula is C9H4BrFO2S. The predicted molar refractivity (Wildman–Crippen MR) is 56.4 cm³/mol. The largest absolute Gasteiger partial charge is 0.478 e. The van der Waals surface area contributed by atoms with Crippen molar-refractivity contribution in [1.82, 2.24) is 0 Å². The van der Waals surface area contributed by atoms with Gasteiger partial charge in [0.15, 0.2) is 5.13 Å². The number of hydrogen-bond acceptors (Lipinski definition) is 2. The summed E-state index contributed by atoms with van der Waals surface area (Å²) in [5.74, 6) is -1.04. The lowest BCUT2D eigenvalue weighted by Crippen LogP contribution is -1.94. The Morgan fingerprint density at radius 1 is 1.50 bits per heavy atom. The lowest BCUT2D eigenvalue weighted by atomic mass is 10.2. The van der Waals surface area contributed by atoms with Gasteiger partial charge in [0.25, 0.3) is 0 Å². The SMILES string of the molecule is O=C(O)c1cccc2c(Br)c(F)sc12. The van der Waals surface area contributed by atoms with Crippen molar-refractivity contribution in [2.45, 2.75) is 0 Å². The molecule has 0 aliphatic rings. The summed E-state index contributed by atoms with van der Waals surface area (Å²) in [6.07, 6.45) is 0. The monoisotopic (exact) mass is 274 g/mol. The second-order valence-electron chi connectivity index (χ2n) is 2.68. The van der Waals surface area contributed by atoms with E-state index >= 15 is 0 Å². The first-order valence-corrected chi connectivity index (χ1v) is 5.32. The molecule has 2 rings (SSSR count). The molecule has 0 atom stereocenters. The van der Waals surface area contributed by atoms with Gasteiger partial charge in [-0.25, -0.2) is 4.79 Å². The van der Waals surface area contributed by atoms with Crippen LogP contribution in [-0.4, -0.2) is 11.1 Å². The fourth-order valence-electron chi connectivity index (χ4n) is 1.23. The molecule has 0 saturated heterocycles. The molecular weight excluding hydrogens is 271 g/mol. The fourth-order valence-corrected chi connectivity index (χ4v) is 2.86. The zero-order chi connectivity index (χ0) is 10.3. The van der Waals surface area contributed by atoms with E-state index in [4.69, 9.17) is 5.11 Å². The third-order valence-corrected chi connectivity index (χ3v) is 3.91. The predicted octanol–water partition coefficient (Wildman–Crippen LogP) is 3.50. The molecule has 0 aliphatic carbocycles. The molecule has 1 aromatic heterocycles. The Morgan fingerprint density at radius 3 is 2.86 bits per heavy atom. The van der Waals surface area contributed by atoms with Crippen molar-refractivity contribution >= 4 is 43.3 Å². The van der Waals surface area contributed by atoms with E-state index < -0.39 is 11.1 Å². The molecule has 0 spiro atoms. The van der Waals surface area contributed by atoms with Crippen LogP contribution in [0.3, 0.4) is 0 Å². The summed E-state index contributed by atoms with van der Waals surface area (Å²) >= 11 is 3.92. The van der Waals surface area contributed by atoms with Gasteiger partial charge in [-0.05, 0) is 22.0 Å². The maximum atomic E-state index is 13.2. The third-order valence-electron chi connectivity index (χ3n) is 1.85. The minimum atomic E-state index is -1.04. The number of fused-ring (bicyclic) bond motifs is 1. The number of carboxylic acids is 1. The van der Waals surface area contributed by atoms with Gasteiger partial charge in [0, 0.05) is 5.39 Å². The summed E-state index contributed by atoms with van der Waals surface area (Å²) < 4.78 is 14.0. The van der Waals surface area contributed by atoms with E-state index in [0.29, 0.717) is 14.6 Å². The molecule has 0 amide bonds. The van der Waals surface area contributed by atoms with Crippen molar-refractivity contribution in [2.75, 3.05) is 0 Å². The third kappa shape index (κ3) is 1.33. The highest BCUT2D eigenvalue weighted by Gasteiger charge is 2.15. The lowest BCUT2D eigenvalue weighted by molar-refractivity contribution is 0.0699. The van der Waals surface area contributed by atoms with Gasteiger partial charge >= 0.3 is 5.97 Å². The molecule has 0 fully saturated rings.